The van der Waals surface area contributed by atoms with E-state index in [2.05, 4.69) is 0 Å². The molecule has 9 heteroatoms. The fourth-order valence-corrected chi connectivity index (χ4v) is 5.16. The number of rotatable bonds is 6. The van der Waals surface area contributed by atoms with Gasteiger partial charge in [0, 0.05) is 12.1 Å². The standard InChI is InChI=1S/C19H19NO6P2/c21-27(22,23)19(28(24,25)26)14-20-12-10-18(11-13-20)17-8-6-16(7-9-17)15-4-2-1-3-5-15/h1-13,19H,14H2,(H3-,21,22,23,24,25,26). The van der Waals surface area contributed by atoms with E-state index in [1.165, 1.54) is 17.0 Å². The highest BCUT2D eigenvalue weighted by atomic mass is 31.2. The van der Waals surface area contributed by atoms with Gasteiger partial charge in [-0.3, -0.25) is 4.57 Å². The molecule has 3 aromatic rings. The molecule has 7 nitrogen and oxygen atoms in total. The lowest BCUT2D eigenvalue weighted by atomic mass is 10.0. The monoisotopic (exact) mass is 419 g/mol. The molecule has 0 aliphatic carbocycles. The second-order valence-electron chi connectivity index (χ2n) is 6.36. The Morgan fingerprint density at radius 1 is 0.750 bits per heavy atom. The molecule has 0 amide bonds. The summed E-state index contributed by atoms with van der Waals surface area (Å²) in [5.41, 5.74) is 3.98. The number of nitrogens with zero attached hydrogens (tertiary/aromatic N) is 1. The van der Waals surface area contributed by atoms with E-state index in [1.807, 2.05) is 54.6 Å². The third-order valence-electron chi connectivity index (χ3n) is 4.36. The summed E-state index contributed by atoms with van der Waals surface area (Å²) in [4.78, 5) is 38.8. The number of aromatic nitrogens is 1. The third-order valence-corrected chi connectivity index (χ3v) is 7.99. The lowest BCUT2D eigenvalue weighted by Crippen LogP contribution is -2.40. The van der Waals surface area contributed by atoms with Gasteiger partial charge in [-0.2, -0.15) is 0 Å². The highest BCUT2D eigenvalue weighted by molar-refractivity contribution is 7.70. The molecule has 2 aromatic carbocycles. The molecule has 0 aliphatic heterocycles. The largest absolute Gasteiger partial charge is 0.778 e. The van der Waals surface area contributed by atoms with Gasteiger partial charge in [0.15, 0.2) is 31.9 Å². The first-order chi connectivity index (χ1) is 13.1. The molecule has 0 bridgehead atoms. The zero-order valence-corrected chi connectivity index (χ0v) is 16.5. The number of hydrogen-bond donors (Lipinski definition) is 3. The molecule has 0 spiro atoms. The minimum Gasteiger partial charge on any atom is -0.778 e. The predicted molar refractivity (Wildman–Crippen MR) is 103 cm³/mol. The Bertz CT molecular complexity index is 1000. The molecular weight excluding hydrogens is 400 g/mol. The molecule has 3 rings (SSSR count). The van der Waals surface area contributed by atoms with Crippen molar-refractivity contribution in [3.63, 3.8) is 0 Å². The fraction of sp³-hybridized carbons (Fsp3) is 0.105. The molecule has 0 saturated heterocycles. The van der Waals surface area contributed by atoms with Crippen molar-refractivity contribution in [1.82, 2.24) is 0 Å². The summed E-state index contributed by atoms with van der Waals surface area (Å²) in [5.74, 6) is 0. The SMILES string of the molecule is O=P([O-])(O)C(C[n+]1ccc(-c2ccc(-c3ccccc3)cc2)cc1)P(=O)(O)O. The van der Waals surface area contributed by atoms with Crippen molar-refractivity contribution in [2.45, 2.75) is 11.9 Å². The van der Waals surface area contributed by atoms with E-state index in [0.29, 0.717) is 0 Å². The summed E-state index contributed by atoms with van der Waals surface area (Å²) in [6, 6.07) is 21.3. The lowest BCUT2D eigenvalue weighted by Gasteiger charge is -2.25. The molecule has 1 heterocycles. The lowest BCUT2D eigenvalue weighted by molar-refractivity contribution is -0.694. The van der Waals surface area contributed by atoms with Crippen LogP contribution < -0.4 is 9.46 Å². The van der Waals surface area contributed by atoms with E-state index in [4.69, 9.17) is 4.89 Å². The van der Waals surface area contributed by atoms with Crippen molar-refractivity contribution in [1.29, 1.82) is 0 Å². The molecule has 146 valence electrons. The molecule has 0 saturated carbocycles. The Balaban J connectivity index is 1.79. The van der Waals surface area contributed by atoms with E-state index in [0.717, 1.165) is 22.3 Å². The van der Waals surface area contributed by atoms with E-state index < -0.39 is 27.1 Å². The van der Waals surface area contributed by atoms with Gasteiger partial charge in [0.05, 0.1) is 0 Å². The van der Waals surface area contributed by atoms with Crippen LogP contribution in [0.5, 0.6) is 0 Å². The third kappa shape index (κ3) is 5.03. The second kappa shape index (κ2) is 8.10. The topological polar surface area (TPSA) is 122 Å². The number of benzene rings is 2. The molecule has 28 heavy (non-hydrogen) atoms. The first-order valence-electron chi connectivity index (χ1n) is 8.38. The first-order valence-corrected chi connectivity index (χ1v) is 11.7. The number of hydrogen-bond acceptors (Lipinski definition) is 3. The van der Waals surface area contributed by atoms with Crippen LogP contribution in [0, 0.1) is 0 Å². The Morgan fingerprint density at radius 2 is 1.18 bits per heavy atom. The molecule has 0 radical (unpaired) electrons. The minimum atomic E-state index is -5.20. The highest BCUT2D eigenvalue weighted by Crippen LogP contribution is 2.57. The molecule has 3 N–H and O–H groups in total. The normalized spacial score (nSPS) is 15.0. The summed E-state index contributed by atoms with van der Waals surface area (Å²) in [7, 11) is -10.2. The van der Waals surface area contributed by atoms with Crippen molar-refractivity contribution in [2.75, 3.05) is 0 Å². The van der Waals surface area contributed by atoms with Crippen LogP contribution >= 0.6 is 15.2 Å². The summed E-state index contributed by atoms with van der Waals surface area (Å²) < 4.78 is 24.0. The van der Waals surface area contributed by atoms with Crippen molar-refractivity contribution < 1.29 is 33.3 Å². The molecule has 2 atom stereocenters. The minimum absolute atomic E-state index is 0.547. The summed E-state index contributed by atoms with van der Waals surface area (Å²) in [5, 5.41) is -2.18. The van der Waals surface area contributed by atoms with Crippen LogP contribution in [0.15, 0.2) is 79.1 Å². The smallest absolute Gasteiger partial charge is 0.343 e. The van der Waals surface area contributed by atoms with E-state index >= 15 is 0 Å². The second-order valence-corrected chi connectivity index (χ2v) is 10.3. The van der Waals surface area contributed by atoms with Gasteiger partial charge in [-0.25, -0.2) is 4.57 Å². The van der Waals surface area contributed by atoms with Crippen LogP contribution in [-0.4, -0.2) is 20.1 Å². The Hall–Kier alpha value is -2.11. The zero-order chi connectivity index (χ0) is 20.4. The number of pyridine rings is 1. The van der Waals surface area contributed by atoms with Crippen LogP contribution in [-0.2, 0) is 15.7 Å². The Morgan fingerprint density at radius 3 is 1.61 bits per heavy atom. The first kappa shape index (κ1) is 20.6. The van der Waals surface area contributed by atoms with E-state index in [1.54, 1.807) is 12.1 Å². The van der Waals surface area contributed by atoms with Gasteiger partial charge in [0.1, 0.15) is 0 Å². The van der Waals surface area contributed by atoms with Crippen molar-refractivity contribution >= 4 is 15.2 Å². The molecule has 2 unspecified atom stereocenters. The van der Waals surface area contributed by atoms with Gasteiger partial charge in [-0.1, -0.05) is 54.6 Å². The maximum atomic E-state index is 11.4. The van der Waals surface area contributed by atoms with Crippen LogP contribution in [0.2, 0.25) is 0 Å². The Labute approximate surface area is 162 Å². The van der Waals surface area contributed by atoms with E-state index in [-0.39, 0.29) is 0 Å². The van der Waals surface area contributed by atoms with Gasteiger partial charge in [-0.05, 0) is 22.3 Å². The van der Waals surface area contributed by atoms with Gasteiger partial charge in [0.2, 0.25) is 0 Å². The van der Waals surface area contributed by atoms with Gasteiger partial charge >= 0.3 is 7.60 Å². The summed E-state index contributed by atoms with van der Waals surface area (Å²) >= 11 is 0. The van der Waals surface area contributed by atoms with Crippen molar-refractivity contribution in [3.8, 4) is 22.3 Å². The maximum absolute atomic E-state index is 11.4. The summed E-state index contributed by atoms with van der Waals surface area (Å²) in [6.07, 6.45) is 3.03. The zero-order valence-electron chi connectivity index (χ0n) is 14.7. The van der Waals surface area contributed by atoms with Crippen LogP contribution in [0.3, 0.4) is 0 Å². The van der Waals surface area contributed by atoms with Gasteiger partial charge in [-0.15, -0.1) is 0 Å². The molecular formula is C19H19NO6P2. The van der Waals surface area contributed by atoms with Crippen molar-refractivity contribution in [3.05, 3.63) is 79.1 Å². The predicted octanol–water partition coefficient (Wildman–Crippen LogP) is 2.36. The van der Waals surface area contributed by atoms with Gasteiger partial charge in [0.25, 0.3) is 0 Å². The maximum Gasteiger partial charge on any atom is 0.343 e. The van der Waals surface area contributed by atoms with Crippen molar-refractivity contribution in [2.24, 2.45) is 0 Å². The quantitative estimate of drug-likeness (QED) is 0.417. The Kier molecular flexibility index (Phi) is 5.96. The average molecular weight is 419 g/mol. The van der Waals surface area contributed by atoms with Crippen LogP contribution in [0.1, 0.15) is 0 Å². The van der Waals surface area contributed by atoms with Gasteiger partial charge < -0.3 is 24.1 Å². The van der Waals surface area contributed by atoms with Crippen LogP contribution in [0.25, 0.3) is 22.3 Å². The molecule has 0 fully saturated rings. The molecule has 0 aliphatic rings. The van der Waals surface area contributed by atoms with Crippen LogP contribution in [0.4, 0.5) is 0 Å². The average Bonchev–Trinajstić information content (AvgIpc) is 2.66. The summed E-state index contributed by atoms with van der Waals surface area (Å²) in [6.45, 7) is -0.547. The highest BCUT2D eigenvalue weighted by Gasteiger charge is 2.40. The van der Waals surface area contributed by atoms with E-state index in [9.17, 15) is 23.8 Å². The molecule has 1 aromatic heterocycles. The fourth-order valence-electron chi connectivity index (χ4n) is 2.85.